The summed E-state index contributed by atoms with van der Waals surface area (Å²) >= 11 is 6.11. The Kier molecular flexibility index (Phi) is 4.27. The van der Waals surface area contributed by atoms with Gasteiger partial charge in [-0.15, -0.1) is 0 Å². The Morgan fingerprint density at radius 3 is 2.79 bits per heavy atom. The van der Waals surface area contributed by atoms with Crippen LogP contribution in [0.25, 0.3) is 6.08 Å². The van der Waals surface area contributed by atoms with Crippen LogP contribution in [0.4, 0.5) is 0 Å². The molecule has 0 atom stereocenters. The van der Waals surface area contributed by atoms with E-state index in [4.69, 9.17) is 26.8 Å². The first-order valence-corrected chi connectivity index (χ1v) is 7.58. The number of nitrogens with two attached hydrogens (primary N) is 1. The lowest BCUT2D eigenvalue weighted by Crippen LogP contribution is -2.20. The normalized spacial score (nSPS) is 14.4. The number of hydrogen-bond donors (Lipinski definition) is 1. The molecule has 1 amide bonds. The zero-order chi connectivity index (χ0) is 17.3. The van der Waals surface area contributed by atoms with Crippen LogP contribution < -0.4 is 15.2 Å². The van der Waals surface area contributed by atoms with Crippen molar-refractivity contribution in [3.63, 3.8) is 0 Å². The molecule has 1 aliphatic rings. The zero-order valence-corrected chi connectivity index (χ0v) is 13.6. The Bertz CT molecular complexity index is 873. The summed E-state index contributed by atoms with van der Waals surface area (Å²) in [6.07, 6.45) is 1.61. The number of amides is 1. The van der Waals surface area contributed by atoms with Crippen molar-refractivity contribution < 1.29 is 19.1 Å². The Labute approximate surface area is 143 Å². The molecule has 0 radical (unpaired) electrons. The third-order valence-corrected chi connectivity index (χ3v) is 3.86. The van der Waals surface area contributed by atoms with E-state index in [0.717, 1.165) is 0 Å². The summed E-state index contributed by atoms with van der Waals surface area (Å²) in [7, 11) is 0. The average Bonchev–Trinajstić information content (AvgIpc) is 2.84. The van der Waals surface area contributed by atoms with Crippen LogP contribution in [-0.4, -0.2) is 18.3 Å². The van der Waals surface area contributed by atoms with Gasteiger partial charge in [0.15, 0.2) is 12.4 Å². The van der Waals surface area contributed by atoms with Crippen molar-refractivity contribution in [2.24, 2.45) is 5.73 Å². The van der Waals surface area contributed by atoms with Gasteiger partial charge in [-0.1, -0.05) is 29.8 Å². The molecule has 2 aromatic carbocycles. The number of benzene rings is 2. The van der Waals surface area contributed by atoms with E-state index in [1.807, 2.05) is 12.1 Å². The van der Waals surface area contributed by atoms with Gasteiger partial charge in [0, 0.05) is 11.1 Å². The number of carbonyl (C=O) groups is 2. The standard InChI is InChI=1S/C18H14ClNO4/c1-10-6-12(23-9-16(20)21)8-14-17(10)18(22)15(24-14)7-11-4-2-3-5-13(11)19/h2-8H,9H2,1H3,(H2,20,21)/b15-7-. The highest BCUT2D eigenvalue weighted by atomic mass is 35.5. The fraction of sp³-hybridized carbons (Fsp3) is 0.111. The van der Waals surface area contributed by atoms with E-state index >= 15 is 0 Å². The minimum atomic E-state index is -0.579. The van der Waals surface area contributed by atoms with E-state index in [2.05, 4.69) is 0 Å². The van der Waals surface area contributed by atoms with Crippen LogP contribution >= 0.6 is 11.6 Å². The number of fused-ring (bicyclic) bond motifs is 1. The molecule has 0 spiro atoms. The van der Waals surface area contributed by atoms with Crippen LogP contribution in [0.5, 0.6) is 11.5 Å². The largest absolute Gasteiger partial charge is 0.484 e. The fourth-order valence-electron chi connectivity index (χ4n) is 2.45. The molecule has 3 rings (SSSR count). The monoisotopic (exact) mass is 343 g/mol. The van der Waals surface area contributed by atoms with Gasteiger partial charge in [0.05, 0.1) is 5.56 Å². The summed E-state index contributed by atoms with van der Waals surface area (Å²) in [5.74, 6) is 0.191. The third-order valence-electron chi connectivity index (χ3n) is 3.52. The topological polar surface area (TPSA) is 78.6 Å². The molecule has 1 heterocycles. The molecule has 0 bridgehead atoms. The molecule has 2 N–H and O–H groups in total. The van der Waals surface area contributed by atoms with Gasteiger partial charge in [-0.2, -0.15) is 0 Å². The maximum atomic E-state index is 12.6. The Hall–Kier alpha value is -2.79. The quantitative estimate of drug-likeness (QED) is 0.865. The summed E-state index contributed by atoms with van der Waals surface area (Å²) < 4.78 is 10.9. The van der Waals surface area contributed by atoms with Crippen molar-refractivity contribution in [2.75, 3.05) is 6.61 Å². The van der Waals surface area contributed by atoms with Crippen molar-refractivity contribution in [3.8, 4) is 11.5 Å². The Morgan fingerprint density at radius 2 is 2.08 bits per heavy atom. The number of hydrogen-bond acceptors (Lipinski definition) is 4. The molecule has 0 unspecified atom stereocenters. The summed E-state index contributed by atoms with van der Waals surface area (Å²) in [4.78, 5) is 23.4. The molecule has 6 heteroatoms. The van der Waals surface area contributed by atoms with Crippen LogP contribution in [0.15, 0.2) is 42.2 Å². The minimum absolute atomic E-state index is 0.188. The predicted molar refractivity (Wildman–Crippen MR) is 90.3 cm³/mol. The molecular weight excluding hydrogens is 330 g/mol. The Morgan fingerprint density at radius 1 is 1.33 bits per heavy atom. The van der Waals surface area contributed by atoms with Crippen LogP contribution in [-0.2, 0) is 4.79 Å². The second kappa shape index (κ2) is 6.37. The van der Waals surface area contributed by atoms with E-state index in [9.17, 15) is 9.59 Å². The first-order chi connectivity index (χ1) is 11.5. The lowest BCUT2D eigenvalue weighted by atomic mass is 10.0. The highest BCUT2D eigenvalue weighted by Crippen LogP contribution is 2.37. The molecule has 0 aromatic heterocycles. The number of halogens is 1. The molecule has 2 aromatic rings. The van der Waals surface area contributed by atoms with E-state index in [1.165, 1.54) is 0 Å². The number of allylic oxidation sites excluding steroid dienone is 1. The van der Waals surface area contributed by atoms with Gasteiger partial charge in [-0.25, -0.2) is 0 Å². The van der Waals surface area contributed by atoms with Crippen LogP contribution in [0.3, 0.4) is 0 Å². The third kappa shape index (κ3) is 3.12. The number of ether oxygens (including phenoxy) is 2. The SMILES string of the molecule is Cc1cc(OCC(N)=O)cc2c1C(=O)/C(=C/c1ccccc1Cl)O2. The van der Waals surface area contributed by atoms with Gasteiger partial charge in [-0.05, 0) is 36.3 Å². The predicted octanol–water partition coefficient (Wildman–Crippen LogP) is 3.13. The highest BCUT2D eigenvalue weighted by Gasteiger charge is 2.30. The van der Waals surface area contributed by atoms with Gasteiger partial charge < -0.3 is 15.2 Å². The zero-order valence-electron chi connectivity index (χ0n) is 12.8. The van der Waals surface area contributed by atoms with E-state index in [0.29, 0.717) is 33.2 Å². The lowest BCUT2D eigenvalue weighted by Gasteiger charge is -2.07. The smallest absolute Gasteiger partial charge is 0.255 e. The molecule has 0 fully saturated rings. The molecule has 0 saturated carbocycles. The van der Waals surface area contributed by atoms with Crippen molar-refractivity contribution in [3.05, 3.63) is 63.9 Å². The second-order valence-electron chi connectivity index (χ2n) is 5.33. The summed E-state index contributed by atoms with van der Waals surface area (Å²) in [6, 6.07) is 10.4. The second-order valence-corrected chi connectivity index (χ2v) is 5.74. The molecule has 24 heavy (non-hydrogen) atoms. The van der Waals surface area contributed by atoms with Crippen molar-refractivity contribution in [1.82, 2.24) is 0 Å². The maximum absolute atomic E-state index is 12.6. The molecule has 0 saturated heterocycles. The fourth-order valence-corrected chi connectivity index (χ4v) is 2.64. The number of Topliss-reactive ketones (excluding diaryl/α,β-unsaturated/α-hetero) is 1. The maximum Gasteiger partial charge on any atom is 0.255 e. The van der Waals surface area contributed by atoms with Crippen LogP contribution in [0.2, 0.25) is 5.02 Å². The van der Waals surface area contributed by atoms with Gasteiger partial charge in [0.1, 0.15) is 11.5 Å². The lowest BCUT2D eigenvalue weighted by molar-refractivity contribution is -0.119. The van der Waals surface area contributed by atoms with Crippen molar-refractivity contribution in [1.29, 1.82) is 0 Å². The molecule has 1 aliphatic heterocycles. The summed E-state index contributed by atoms with van der Waals surface area (Å²) in [5, 5.41) is 0.527. The number of rotatable bonds is 4. The summed E-state index contributed by atoms with van der Waals surface area (Å²) in [6.45, 7) is 1.53. The number of ketones is 1. The van der Waals surface area contributed by atoms with E-state index in [-0.39, 0.29) is 18.1 Å². The van der Waals surface area contributed by atoms with Gasteiger partial charge in [0.25, 0.3) is 5.91 Å². The van der Waals surface area contributed by atoms with Crippen molar-refractivity contribution >= 4 is 29.4 Å². The molecule has 122 valence electrons. The molecule has 5 nitrogen and oxygen atoms in total. The van der Waals surface area contributed by atoms with E-state index < -0.39 is 5.91 Å². The Balaban J connectivity index is 1.94. The average molecular weight is 344 g/mol. The first-order valence-electron chi connectivity index (χ1n) is 7.20. The van der Waals surface area contributed by atoms with Gasteiger partial charge in [0.2, 0.25) is 5.78 Å². The number of carbonyl (C=O) groups excluding carboxylic acids is 2. The van der Waals surface area contributed by atoms with E-state index in [1.54, 1.807) is 37.3 Å². The van der Waals surface area contributed by atoms with Gasteiger partial charge in [-0.3, -0.25) is 9.59 Å². The number of aryl methyl sites for hydroxylation is 1. The molecule has 0 aliphatic carbocycles. The van der Waals surface area contributed by atoms with Crippen molar-refractivity contribution in [2.45, 2.75) is 6.92 Å². The highest BCUT2D eigenvalue weighted by molar-refractivity contribution is 6.32. The number of primary amides is 1. The first kappa shape index (κ1) is 16.1. The minimum Gasteiger partial charge on any atom is -0.484 e. The molecular formula is C18H14ClNO4. The van der Waals surface area contributed by atoms with Crippen LogP contribution in [0, 0.1) is 6.92 Å². The van der Waals surface area contributed by atoms with Gasteiger partial charge >= 0.3 is 0 Å². The van der Waals surface area contributed by atoms with Crippen LogP contribution in [0.1, 0.15) is 21.5 Å². The summed E-state index contributed by atoms with van der Waals surface area (Å²) in [5.41, 5.74) is 6.92.